The van der Waals surface area contributed by atoms with Crippen LogP contribution in [0.4, 0.5) is 5.69 Å². The standard InChI is InChI=1S/C18H23N3O4/c1-12(2)11-25-15-7-5-13(6-8-15)16(22)20-14-9-19-21(10-14)18(3,4)17(23)24/h5-10,12H,11H2,1-4H3,(H,20,22)(H,23,24). The highest BCUT2D eigenvalue weighted by molar-refractivity contribution is 6.04. The molecule has 2 aromatic rings. The fraction of sp³-hybridized carbons (Fsp3) is 0.389. The molecule has 25 heavy (non-hydrogen) atoms. The summed E-state index contributed by atoms with van der Waals surface area (Å²) in [4.78, 5) is 23.5. The average molecular weight is 345 g/mol. The Bertz CT molecular complexity index is 748. The number of benzene rings is 1. The molecule has 0 fully saturated rings. The van der Waals surface area contributed by atoms with Gasteiger partial charge in [-0.3, -0.25) is 9.48 Å². The van der Waals surface area contributed by atoms with E-state index >= 15 is 0 Å². The third-order valence-electron chi connectivity index (χ3n) is 3.64. The van der Waals surface area contributed by atoms with Gasteiger partial charge in [-0.05, 0) is 44.0 Å². The lowest BCUT2D eigenvalue weighted by atomic mass is 10.1. The summed E-state index contributed by atoms with van der Waals surface area (Å²) in [5.41, 5.74) is -0.292. The van der Waals surface area contributed by atoms with Crippen LogP contribution in [0.1, 0.15) is 38.1 Å². The minimum Gasteiger partial charge on any atom is -0.493 e. The second-order valence-corrected chi connectivity index (χ2v) is 6.72. The third kappa shape index (κ3) is 4.59. The molecule has 7 heteroatoms. The van der Waals surface area contributed by atoms with E-state index in [-0.39, 0.29) is 5.91 Å². The zero-order valence-electron chi connectivity index (χ0n) is 14.8. The van der Waals surface area contributed by atoms with Crippen molar-refractivity contribution in [3.8, 4) is 5.75 Å². The number of carboxylic acids is 1. The Labute approximate surface area is 146 Å². The topological polar surface area (TPSA) is 93.5 Å². The maximum absolute atomic E-state index is 12.3. The van der Waals surface area contributed by atoms with E-state index in [1.165, 1.54) is 30.9 Å². The van der Waals surface area contributed by atoms with Crippen LogP contribution in [-0.2, 0) is 10.3 Å². The maximum Gasteiger partial charge on any atom is 0.331 e. The molecule has 0 radical (unpaired) electrons. The highest BCUT2D eigenvalue weighted by Crippen LogP contribution is 2.18. The predicted octanol–water partition coefficient (Wildman–Crippen LogP) is 2.99. The molecule has 0 saturated carbocycles. The number of ether oxygens (including phenoxy) is 1. The summed E-state index contributed by atoms with van der Waals surface area (Å²) in [7, 11) is 0. The summed E-state index contributed by atoms with van der Waals surface area (Å²) in [6, 6.07) is 6.84. The van der Waals surface area contributed by atoms with Crippen LogP contribution in [0.3, 0.4) is 0 Å². The van der Waals surface area contributed by atoms with E-state index in [4.69, 9.17) is 4.74 Å². The van der Waals surface area contributed by atoms with Gasteiger partial charge in [0.2, 0.25) is 0 Å². The van der Waals surface area contributed by atoms with Crippen LogP contribution in [-0.4, -0.2) is 33.4 Å². The molecule has 1 heterocycles. The number of carboxylic acid groups (broad SMARTS) is 1. The fourth-order valence-electron chi connectivity index (χ4n) is 1.96. The van der Waals surface area contributed by atoms with E-state index < -0.39 is 11.5 Å². The van der Waals surface area contributed by atoms with E-state index in [1.54, 1.807) is 24.3 Å². The molecule has 2 N–H and O–H groups in total. The first-order chi connectivity index (χ1) is 11.7. The molecular formula is C18H23N3O4. The molecule has 0 aliphatic carbocycles. The lowest BCUT2D eigenvalue weighted by molar-refractivity contribution is -0.146. The predicted molar refractivity (Wildman–Crippen MR) is 93.9 cm³/mol. The van der Waals surface area contributed by atoms with Crippen molar-refractivity contribution >= 4 is 17.6 Å². The Balaban J connectivity index is 2.03. The molecular weight excluding hydrogens is 322 g/mol. The van der Waals surface area contributed by atoms with Crippen molar-refractivity contribution in [2.45, 2.75) is 33.2 Å². The van der Waals surface area contributed by atoms with E-state index in [0.717, 1.165) is 0 Å². The minimum absolute atomic E-state index is 0.303. The zero-order chi connectivity index (χ0) is 18.6. The number of hydrogen-bond acceptors (Lipinski definition) is 4. The lowest BCUT2D eigenvalue weighted by Gasteiger charge is -2.19. The Morgan fingerprint density at radius 2 is 1.92 bits per heavy atom. The Morgan fingerprint density at radius 1 is 1.28 bits per heavy atom. The minimum atomic E-state index is -1.20. The summed E-state index contributed by atoms with van der Waals surface area (Å²) >= 11 is 0. The first-order valence-corrected chi connectivity index (χ1v) is 8.03. The molecule has 2 rings (SSSR count). The molecule has 1 aromatic heterocycles. The second-order valence-electron chi connectivity index (χ2n) is 6.72. The number of carbonyl (C=O) groups excluding carboxylic acids is 1. The molecule has 134 valence electrons. The van der Waals surface area contributed by atoms with Crippen molar-refractivity contribution in [3.63, 3.8) is 0 Å². The number of aliphatic carboxylic acids is 1. The lowest BCUT2D eigenvalue weighted by Crippen LogP contribution is -2.35. The summed E-state index contributed by atoms with van der Waals surface area (Å²) in [5, 5.41) is 15.9. The molecule has 0 saturated heterocycles. The average Bonchev–Trinajstić information content (AvgIpc) is 3.02. The van der Waals surface area contributed by atoms with E-state index in [2.05, 4.69) is 24.3 Å². The van der Waals surface area contributed by atoms with Gasteiger partial charge in [0, 0.05) is 11.8 Å². The number of carbonyl (C=O) groups is 2. The highest BCUT2D eigenvalue weighted by atomic mass is 16.5. The van der Waals surface area contributed by atoms with Crippen LogP contribution in [0.15, 0.2) is 36.7 Å². The number of anilines is 1. The van der Waals surface area contributed by atoms with Crippen LogP contribution >= 0.6 is 0 Å². The number of hydrogen-bond donors (Lipinski definition) is 2. The monoisotopic (exact) mass is 345 g/mol. The van der Waals surface area contributed by atoms with Gasteiger partial charge in [0.25, 0.3) is 5.91 Å². The van der Waals surface area contributed by atoms with Crippen LogP contribution in [0.25, 0.3) is 0 Å². The van der Waals surface area contributed by atoms with Gasteiger partial charge in [-0.2, -0.15) is 5.10 Å². The van der Waals surface area contributed by atoms with Crippen LogP contribution in [0.2, 0.25) is 0 Å². The molecule has 0 aliphatic rings. The number of nitrogens with zero attached hydrogens (tertiary/aromatic N) is 2. The highest BCUT2D eigenvalue weighted by Gasteiger charge is 2.30. The van der Waals surface area contributed by atoms with Crippen molar-refractivity contribution < 1.29 is 19.4 Å². The van der Waals surface area contributed by atoms with Crippen LogP contribution in [0, 0.1) is 5.92 Å². The van der Waals surface area contributed by atoms with E-state index in [1.807, 2.05) is 0 Å². The molecule has 0 spiro atoms. The second kappa shape index (κ2) is 7.38. The van der Waals surface area contributed by atoms with Crippen molar-refractivity contribution in [2.75, 3.05) is 11.9 Å². The van der Waals surface area contributed by atoms with Gasteiger partial charge in [-0.25, -0.2) is 4.79 Å². The van der Waals surface area contributed by atoms with Gasteiger partial charge < -0.3 is 15.2 Å². The first kappa shape index (κ1) is 18.5. The van der Waals surface area contributed by atoms with Crippen molar-refractivity contribution in [1.82, 2.24) is 9.78 Å². The van der Waals surface area contributed by atoms with E-state index in [9.17, 15) is 14.7 Å². The maximum atomic E-state index is 12.3. The largest absolute Gasteiger partial charge is 0.493 e. The molecule has 0 bridgehead atoms. The molecule has 0 aliphatic heterocycles. The number of amides is 1. The summed E-state index contributed by atoms with van der Waals surface area (Å²) in [5.74, 6) is -0.176. The first-order valence-electron chi connectivity index (χ1n) is 8.03. The summed E-state index contributed by atoms with van der Waals surface area (Å²) in [6.45, 7) is 7.80. The van der Waals surface area contributed by atoms with Crippen molar-refractivity contribution in [3.05, 3.63) is 42.2 Å². The fourth-order valence-corrected chi connectivity index (χ4v) is 1.96. The number of rotatable bonds is 7. The Kier molecular flexibility index (Phi) is 5.46. The normalized spacial score (nSPS) is 11.4. The third-order valence-corrected chi connectivity index (χ3v) is 3.64. The zero-order valence-corrected chi connectivity index (χ0v) is 14.8. The Morgan fingerprint density at radius 3 is 2.48 bits per heavy atom. The Hall–Kier alpha value is -2.83. The van der Waals surface area contributed by atoms with Crippen molar-refractivity contribution in [1.29, 1.82) is 0 Å². The molecule has 0 unspecified atom stereocenters. The van der Waals surface area contributed by atoms with Gasteiger partial charge in [0.05, 0.1) is 18.5 Å². The SMILES string of the molecule is CC(C)COc1ccc(C(=O)Nc2cnn(C(C)(C)C(=O)O)c2)cc1. The van der Waals surface area contributed by atoms with Gasteiger partial charge in [0.15, 0.2) is 5.54 Å². The summed E-state index contributed by atoms with van der Waals surface area (Å²) in [6.07, 6.45) is 2.91. The smallest absolute Gasteiger partial charge is 0.331 e. The number of aromatic nitrogens is 2. The van der Waals surface area contributed by atoms with Gasteiger partial charge >= 0.3 is 5.97 Å². The van der Waals surface area contributed by atoms with Gasteiger partial charge in [-0.15, -0.1) is 0 Å². The van der Waals surface area contributed by atoms with Gasteiger partial charge in [0.1, 0.15) is 5.75 Å². The van der Waals surface area contributed by atoms with E-state index in [0.29, 0.717) is 29.5 Å². The quantitative estimate of drug-likeness (QED) is 0.804. The van der Waals surface area contributed by atoms with Crippen LogP contribution < -0.4 is 10.1 Å². The van der Waals surface area contributed by atoms with Gasteiger partial charge in [-0.1, -0.05) is 13.8 Å². The number of nitrogens with one attached hydrogen (secondary N) is 1. The molecule has 7 nitrogen and oxygen atoms in total. The molecule has 1 aromatic carbocycles. The van der Waals surface area contributed by atoms with Crippen LogP contribution in [0.5, 0.6) is 5.75 Å². The molecule has 1 amide bonds. The van der Waals surface area contributed by atoms with Crippen molar-refractivity contribution in [2.24, 2.45) is 5.92 Å². The summed E-state index contributed by atoms with van der Waals surface area (Å²) < 4.78 is 6.88. The molecule has 0 atom stereocenters.